The smallest absolute Gasteiger partial charge is 0.257 e. The number of rotatable bonds is 5. The Labute approximate surface area is 196 Å². The van der Waals surface area contributed by atoms with Crippen molar-refractivity contribution in [3.8, 4) is 11.5 Å². The summed E-state index contributed by atoms with van der Waals surface area (Å²) < 4.78 is 5.92. The highest BCUT2D eigenvalue weighted by Gasteiger charge is 2.11. The van der Waals surface area contributed by atoms with E-state index in [9.17, 15) is 4.79 Å². The van der Waals surface area contributed by atoms with E-state index in [1.54, 1.807) is 24.3 Å². The van der Waals surface area contributed by atoms with Crippen LogP contribution in [0, 0.1) is 0 Å². The summed E-state index contributed by atoms with van der Waals surface area (Å²) in [6, 6.07) is 20.7. The zero-order valence-electron chi connectivity index (χ0n) is 17.7. The van der Waals surface area contributed by atoms with Crippen molar-refractivity contribution in [3.05, 3.63) is 88.4 Å². The monoisotopic (exact) mass is 463 g/mol. The summed E-state index contributed by atoms with van der Waals surface area (Å²) in [6.07, 6.45) is 0. The van der Waals surface area contributed by atoms with Crippen molar-refractivity contribution < 1.29 is 9.21 Å². The molecule has 0 spiro atoms. The fourth-order valence-corrected chi connectivity index (χ4v) is 3.58. The van der Waals surface area contributed by atoms with E-state index in [-0.39, 0.29) is 11.0 Å². The summed E-state index contributed by atoms with van der Waals surface area (Å²) in [7, 11) is 0. The van der Waals surface area contributed by atoms with E-state index in [2.05, 4.69) is 41.6 Å². The van der Waals surface area contributed by atoms with Gasteiger partial charge in [0.05, 0.1) is 0 Å². The highest BCUT2D eigenvalue weighted by atomic mass is 35.5. The van der Waals surface area contributed by atoms with Crippen LogP contribution in [-0.2, 0) is 6.54 Å². The summed E-state index contributed by atoms with van der Waals surface area (Å²) in [5.41, 5.74) is 5.22. The number of halogens is 1. The van der Waals surface area contributed by atoms with Crippen LogP contribution in [0.5, 0.6) is 0 Å². The van der Waals surface area contributed by atoms with Crippen LogP contribution in [-0.4, -0.2) is 16.0 Å². The molecule has 4 rings (SSSR count). The van der Waals surface area contributed by atoms with Gasteiger partial charge in [0.25, 0.3) is 5.91 Å². The third-order valence-corrected chi connectivity index (χ3v) is 5.53. The van der Waals surface area contributed by atoms with Crippen LogP contribution in [0.1, 0.15) is 41.3 Å². The average molecular weight is 464 g/mol. The molecule has 5 nitrogen and oxygen atoms in total. The minimum Gasteiger partial charge on any atom is -0.436 e. The first-order chi connectivity index (χ1) is 15.4. The summed E-state index contributed by atoms with van der Waals surface area (Å²) >= 11 is 11.2. The van der Waals surface area contributed by atoms with Crippen LogP contribution >= 0.6 is 23.8 Å². The van der Waals surface area contributed by atoms with Gasteiger partial charge in [0.1, 0.15) is 5.52 Å². The molecule has 3 aromatic carbocycles. The lowest BCUT2D eigenvalue weighted by Gasteiger charge is -2.10. The molecule has 1 amide bonds. The Morgan fingerprint density at radius 1 is 1.09 bits per heavy atom. The van der Waals surface area contributed by atoms with E-state index in [0.29, 0.717) is 28.9 Å². The minimum absolute atomic E-state index is 0.249. The number of nitrogens with zero attached hydrogens (tertiary/aromatic N) is 1. The molecule has 32 heavy (non-hydrogen) atoms. The number of thiocarbonyl (C=S) groups is 1. The average Bonchev–Trinajstić information content (AvgIpc) is 3.21. The van der Waals surface area contributed by atoms with Gasteiger partial charge in [0.2, 0.25) is 5.89 Å². The van der Waals surface area contributed by atoms with Gasteiger partial charge in [-0.1, -0.05) is 49.7 Å². The molecular formula is C25H22ClN3O2S. The van der Waals surface area contributed by atoms with Gasteiger partial charge >= 0.3 is 0 Å². The van der Waals surface area contributed by atoms with E-state index < -0.39 is 0 Å². The number of hydrogen-bond donors (Lipinski definition) is 2. The third kappa shape index (κ3) is 5.15. The largest absolute Gasteiger partial charge is 0.436 e. The van der Waals surface area contributed by atoms with Gasteiger partial charge in [0.15, 0.2) is 10.7 Å². The molecule has 0 aliphatic rings. The van der Waals surface area contributed by atoms with Crippen molar-refractivity contribution >= 4 is 45.9 Å². The van der Waals surface area contributed by atoms with Crippen LogP contribution in [0.3, 0.4) is 0 Å². The van der Waals surface area contributed by atoms with Gasteiger partial charge in [-0.25, -0.2) is 4.98 Å². The van der Waals surface area contributed by atoms with Crippen molar-refractivity contribution in [2.75, 3.05) is 0 Å². The number of carbonyl (C=O) groups is 1. The second-order valence-electron chi connectivity index (χ2n) is 7.74. The molecule has 1 aromatic heterocycles. The first-order valence-electron chi connectivity index (χ1n) is 10.2. The predicted octanol–water partition coefficient (Wildman–Crippen LogP) is 6.08. The van der Waals surface area contributed by atoms with E-state index >= 15 is 0 Å². The van der Waals surface area contributed by atoms with E-state index in [4.69, 9.17) is 28.2 Å². The van der Waals surface area contributed by atoms with Crippen molar-refractivity contribution in [1.82, 2.24) is 15.6 Å². The Morgan fingerprint density at radius 2 is 1.88 bits per heavy atom. The molecule has 2 N–H and O–H groups in total. The summed E-state index contributed by atoms with van der Waals surface area (Å²) in [4.78, 5) is 16.9. The van der Waals surface area contributed by atoms with Gasteiger partial charge < -0.3 is 9.73 Å². The molecule has 0 aliphatic carbocycles. The second-order valence-corrected chi connectivity index (χ2v) is 8.59. The standard InChI is InChI=1S/C25H22ClN3O2S/c1-15(2)18-10-11-22-21(13-18)28-24(31-22)17-8-6-16(7-9-17)14-27-25(32)29-23(30)19-4-3-5-20(26)12-19/h3-13,15H,14H2,1-2H3,(H2,27,29,30,32). The Bertz CT molecular complexity index is 1280. The molecule has 7 heteroatoms. The number of carbonyl (C=O) groups excluding carboxylic acids is 1. The molecule has 0 aliphatic heterocycles. The summed E-state index contributed by atoms with van der Waals surface area (Å²) in [5, 5.41) is 6.44. The predicted molar refractivity (Wildman–Crippen MR) is 132 cm³/mol. The van der Waals surface area contributed by atoms with Crippen LogP contribution in [0.2, 0.25) is 5.02 Å². The molecule has 0 radical (unpaired) electrons. The number of oxazole rings is 1. The molecule has 0 bridgehead atoms. The Hall–Kier alpha value is -3.22. The molecule has 0 saturated carbocycles. The van der Waals surface area contributed by atoms with Crippen LogP contribution < -0.4 is 10.6 Å². The van der Waals surface area contributed by atoms with Gasteiger partial charge in [0, 0.05) is 22.7 Å². The maximum absolute atomic E-state index is 12.2. The minimum atomic E-state index is -0.308. The molecule has 0 unspecified atom stereocenters. The van der Waals surface area contributed by atoms with Crippen molar-refractivity contribution in [2.45, 2.75) is 26.3 Å². The van der Waals surface area contributed by atoms with Gasteiger partial charge in [-0.2, -0.15) is 0 Å². The van der Waals surface area contributed by atoms with Gasteiger partial charge in [-0.3, -0.25) is 10.1 Å². The molecule has 0 saturated heterocycles. The SMILES string of the molecule is CC(C)c1ccc2oc(-c3ccc(CNC(=S)NC(=O)c4cccc(Cl)c4)cc3)nc2c1. The van der Waals surface area contributed by atoms with Gasteiger partial charge in [-0.15, -0.1) is 0 Å². The van der Waals surface area contributed by atoms with E-state index in [1.807, 2.05) is 30.3 Å². The quantitative estimate of drug-likeness (QED) is 0.351. The summed E-state index contributed by atoms with van der Waals surface area (Å²) in [6.45, 7) is 4.78. The number of fused-ring (bicyclic) bond motifs is 1. The number of benzene rings is 3. The number of hydrogen-bond acceptors (Lipinski definition) is 4. The normalized spacial score (nSPS) is 11.0. The second kappa shape index (κ2) is 9.51. The highest BCUT2D eigenvalue weighted by molar-refractivity contribution is 7.80. The highest BCUT2D eigenvalue weighted by Crippen LogP contribution is 2.27. The lowest BCUT2D eigenvalue weighted by Crippen LogP contribution is -2.38. The molecule has 1 heterocycles. The van der Waals surface area contributed by atoms with E-state index in [1.165, 1.54) is 5.56 Å². The third-order valence-electron chi connectivity index (χ3n) is 5.05. The molecular weight excluding hydrogens is 442 g/mol. The Morgan fingerprint density at radius 3 is 2.59 bits per heavy atom. The van der Waals surface area contributed by atoms with Crippen LogP contribution in [0.4, 0.5) is 0 Å². The molecule has 0 fully saturated rings. The number of amides is 1. The van der Waals surface area contributed by atoms with Gasteiger partial charge in [-0.05, 0) is 71.7 Å². The van der Waals surface area contributed by atoms with Crippen molar-refractivity contribution in [1.29, 1.82) is 0 Å². The van der Waals surface area contributed by atoms with Crippen LogP contribution in [0.15, 0.2) is 71.1 Å². The first kappa shape index (κ1) is 22.0. The lowest BCUT2D eigenvalue weighted by molar-refractivity contribution is 0.0976. The lowest BCUT2D eigenvalue weighted by atomic mass is 10.0. The fraction of sp³-hybridized carbons (Fsp3) is 0.160. The number of aromatic nitrogens is 1. The Balaban J connectivity index is 1.37. The fourth-order valence-electron chi connectivity index (χ4n) is 3.22. The zero-order chi connectivity index (χ0) is 22.7. The summed E-state index contributed by atoms with van der Waals surface area (Å²) in [5.74, 6) is 0.717. The zero-order valence-corrected chi connectivity index (χ0v) is 19.3. The van der Waals surface area contributed by atoms with E-state index in [0.717, 1.165) is 22.2 Å². The van der Waals surface area contributed by atoms with Crippen molar-refractivity contribution in [3.63, 3.8) is 0 Å². The maximum atomic E-state index is 12.2. The maximum Gasteiger partial charge on any atom is 0.257 e. The molecule has 4 aromatic rings. The topological polar surface area (TPSA) is 67.2 Å². The molecule has 0 atom stereocenters. The Kier molecular flexibility index (Phi) is 6.53. The number of nitrogens with one attached hydrogen (secondary N) is 2. The molecule has 162 valence electrons. The van der Waals surface area contributed by atoms with Crippen LogP contribution in [0.25, 0.3) is 22.6 Å². The van der Waals surface area contributed by atoms with Crippen molar-refractivity contribution in [2.24, 2.45) is 0 Å². The first-order valence-corrected chi connectivity index (χ1v) is 11.0.